The highest BCUT2D eigenvalue weighted by molar-refractivity contribution is 5.67. The topological polar surface area (TPSA) is 172 Å². The van der Waals surface area contributed by atoms with Crippen molar-refractivity contribution in [1.82, 2.24) is 0 Å². The summed E-state index contributed by atoms with van der Waals surface area (Å²) in [5, 5.41) is 49.9. The van der Waals surface area contributed by atoms with Crippen molar-refractivity contribution in [2.24, 2.45) is 0 Å². The number of carbonyl (C=O) groups is 2. The fourth-order valence-electron chi connectivity index (χ4n) is 1.02. The predicted octanol–water partition coefficient (Wildman–Crippen LogP) is 3.23. The molecule has 0 amide bonds. The van der Waals surface area contributed by atoms with E-state index in [2.05, 4.69) is 14.5 Å². The van der Waals surface area contributed by atoms with Gasteiger partial charge in [-0.25, -0.2) is 19.7 Å². The lowest BCUT2D eigenvalue weighted by molar-refractivity contribution is -0.140. The summed E-state index contributed by atoms with van der Waals surface area (Å²) >= 11 is 0. The monoisotopic (exact) mass is 464 g/mol. The smallest absolute Gasteiger partial charge is 0.306 e. The Morgan fingerprint density at radius 2 is 1.00 bits per heavy atom. The summed E-state index contributed by atoms with van der Waals surface area (Å²) in [5.41, 5.74) is 0. The van der Waals surface area contributed by atoms with Crippen molar-refractivity contribution in [3.8, 4) is 6.07 Å². The molecular formula is C21H42N4O7. The van der Waals surface area contributed by atoms with E-state index < -0.39 is 30.3 Å². The number of carboxylic acids is 2. The Bertz CT molecular complexity index is 523. The van der Waals surface area contributed by atoms with Crippen molar-refractivity contribution < 1.29 is 35.1 Å². The molecular weight excluding hydrogens is 422 g/mol. The summed E-state index contributed by atoms with van der Waals surface area (Å²) in [6, 6.07) is 1.76. The van der Waals surface area contributed by atoms with E-state index in [0.29, 0.717) is 0 Å². The Morgan fingerprint density at radius 1 is 0.750 bits per heavy atom. The Balaban J connectivity index is -0.0000000408. The van der Waals surface area contributed by atoms with Crippen LogP contribution in [-0.4, -0.2) is 75.4 Å². The number of rotatable bonds is 8. The lowest BCUT2D eigenvalue weighted by Gasteiger charge is -1.96. The van der Waals surface area contributed by atoms with Gasteiger partial charge in [0.25, 0.3) is 0 Å². The van der Waals surface area contributed by atoms with Crippen LogP contribution in [-0.2, 0) is 9.59 Å². The van der Waals surface area contributed by atoms with Gasteiger partial charge in [0.05, 0.1) is 25.3 Å². The third-order valence-electron chi connectivity index (χ3n) is 2.05. The quantitative estimate of drug-likeness (QED) is 0.269. The van der Waals surface area contributed by atoms with E-state index >= 15 is 0 Å². The average molecular weight is 465 g/mol. The second-order valence-corrected chi connectivity index (χ2v) is 4.54. The van der Waals surface area contributed by atoms with Crippen molar-refractivity contribution in [3.63, 3.8) is 0 Å². The SMILES string of the molecule is C.C.C.C.CC.[C-]#[15N+]C[C@H](O)CC(=O)O.[C-]#[N+]C[C@@H](O)CC#[15N].[C-]#[N+]C[C@@H](O)CC(=O)O. The average Bonchev–Trinajstić information content (AvgIpc) is 2.57. The third-order valence-corrected chi connectivity index (χ3v) is 2.05. The lowest BCUT2D eigenvalue weighted by atomic mass is 10.3. The maximum atomic E-state index is 9.82. The van der Waals surface area contributed by atoms with Crippen LogP contribution < -0.4 is 0 Å². The highest BCUT2D eigenvalue weighted by atomic mass is 16.4. The molecule has 3 atom stereocenters. The minimum atomic E-state index is -1.08. The largest absolute Gasteiger partial charge is 0.481 e. The number of hydrogen-bond donors (Lipinski definition) is 5. The predicted molar refractivity (Wildman–Crippen MR) is 125 cm³/mol. The molecule has 0 spiro atoms. The molecule has 11 nitrogen and oxygen atoms in total. The van der Waals surface area contributed by atoms with Crippen molar-refractivity contribution in [3.05, 3.63) is 34.3 Å². The molecule has 0 aromatic carbocycles. The number of carboxylic acid groups (broad SMARTS) is 2. The molecule has 0 radical (unpaired) electrons. The summed E-state index contributed by atoms with van der Waals surface area (Å²) in [5.74, 6) is -2.16. The van der Waals surface area contributed by atoms with Crippen LogP contribution in [0.25, 0.3) is 14.5 Å². The van der Waals surface area contributed by atoms with Crippen molar-refractivity contribution in [2.45, 2.75) is 81.1 Å². The summed E-state index contributed by atoms with van der Waals surface area (Å²) in [4.78, 5) is 28.2. The molecule has 0 saturated carbocycles. The van der Waals surface area contributed by atoms with Gasteiger partial charge in [-0.15, -0.1) is 0 Å². The first-order valence-corrected chi connectivity index (χ1v) is 7.98. The fourth-order valence-corrected chi connectivity index (χ4v) is 1.02. The Hall–Kier alpha value is -3.22. The van der Waals surface area contributed by atoms with Gasteiger partial charge in [0.1, 0.15) is 18.3 Å². The third kappa shape index (κ3) is 63.2. The molecule has 0 heterocycles. The van der Waals surface area contributed by atoms with Gasteiger partial charge in [0.2, 0.25) is 19.6 Å². The standard InChI is InChI=1S/C5H6N2O.2C5H7NO3.C2H6.4CH4/c1-7-4-5(8)2-3-6;2*1-6-3-4(7)2-5(8)9;1-2;;;;/h5,8H,2,4H2;2*4,7H,2-3H2,(H,8,9);1-2H3;4*1H4/t5-;2*4-;;;;;/m010...../s1/i2*6+1;;;;;;. The fraction of sp³-hybridized carbons (Fsp3) is 0.714. The molecule has 5 N–H and O–H groups in total. The summed E-state index contributed by atoms with van der Waals surface area (Å²) in [6.07, 6.45) is -3.41. The Labute approximate surface area is 194 Å². The molecule has 0 fully saturated rings. The molecule has 0 aromatic rings. The van der Waals surface area contributed by atoms with Gasteiger partial charge in [0, 0.05) is 0 Å². The first-order chi connectivity index (χ1) is 13.1. The van der Waals surface area contributed by atoms with Crippen LogP contribution in [0.15, 0.2) is 0 Å². The second-order valence-electron chi connectivity index (χ2n) is 4.54. The zero-order valence-electron chi connectivity index (χ0n) is 15.8. The zero-order chi connectivity index (χ0) is 23.0. The number of aliphatic hydroxyl groups excluding tert-OH is 3. The number of nitrogens with zero attached hydrogens (tertiary/aromatic N) is 4. The highest BCUT2D eigenvalue weighted by Crippen LogP contribution is 1.91. The summed E-state index contributed by atoms with van der Waals surface area (Å²) in [7, 11) is 0. The minimum absolute atomic E-state index is 0. The molecule has 0 unspecified atom stereocenters. The Morgan fingerprint density at radius 3 is 1.19 bits per heavy atom. The normalized spacial score (nSPS) is 9.78. The molecule has 0 aliphatic carbocycles. The molecule has 0 aliphatic rings. The summed E-state index contributed by atoms with van der Waals surface area (Å²) in [6.45, 7) is 22.5. The lowest BCUT2D eigenvalue weighted by Crippen LogP contribution is -2.14. The van der Waals surface area contributed by atoms with Gasteiger partial charge in [-0.1, -0.05) is 43.6 Å². The van der Waals surface area contributed by atoms with E-state index in [1.54, 1.807) is 6.07 Å². The van der Waals surface area contributed by atoms with Crippen LogP contribution in [0, 0.1) is 31.0 Å². The van der Waals surface area contributed by atoms with Gasteiger partial charge in [0.15, 0.2) is 0 Å². The Kier molecular flexibility index (Phi) is 67.5. The van der Waals surface area contributed by atoms with Crippen molar-refractivity contribution in [2.75, 3.05) is 19.6 Å². The molecule has 0 rings (SSSR count). The number of nitriles is 1. The molecule has 188 valence electrons. The van der Waals surface area contributed by atoms with Gasteiger partial charge in [-0.2, -0.15) is 5.26 Å². The number of hydrogen-bond acceptors (Lipinski definition) is 6. The molecule has 0 bridgehead atoms. The number of aliphatic carboxylic acids is 2. The zero-order valence-corrected chi connectivity index (χ0v) is 15.8. The second kappa shape index (κ2) is 42.0. The van der Waals surface area contributed by atoms with Gasteiger partial charge in [-0.3, -0.25) is 9.59 Å². The maximum Gasteiger partial charge on any atom is 0.306 e. The van der Waals surface area contributed by atoms with E-state index in [1.807, 2.05) is 13.8 Å². The van der Waals surface area contributed by atoms with E-state index in [0.717, 1.165) is 0 Å². The van der Waals surface area contributed by atoms with Crippen LogP contribution in [0.5, 0.6) is 0 Å². The summed E-state index contributed by atoms with van der Waals surface area (Å²) < 4.78 is 0. The maximum absolute atomic E-state index is 9.82. The van der Waals surface area contributed by atoms with Gasteiger partial charge >= 0.3 is 11.9 Å². The number of aliphatic hydroxyl groups is 3. The van der Waals surface area contributed by atoms with Gasteiger partial charge in [-0.05, 0) is 0 Å². The molecule has 0 aromatic heterocycles. The molecule has 0 saturated heterocycles. The highest BCUT2D eigenvalue weighted by Gasteiger charge is 2.11. The van der Waals surface area contributed by atoms with E-state index in [9.17, 15) is 9.59 Å². The van der Waals surface area contributed by atoms with Crippen LogP contribution in [0.3, 0.4) is 0 Å². The van der Waals surface area contributed by atoms with Crippen molar-refractivity contribution >= 4 is 11.9 Å². The molecule has 32 heavy (non-hydrogen) atoms. The van der Waals surface area contributed by atoms with E-state index in [4.69, 9.17) is 50.5 Å². The van der Waals surface area contributed by atoms with Crippen LogP contribution >= 0.6 is 0 Å². The minimum Gasteiger partial charge on any atom is -0.481 e. The van der Waals surface area contributed by atoms with Crippen LogP contribution in [0.2, 0.25) is 0 Å². The first kappa shape index (κ1) is 51.4. The van der Waals surface area contributed by atoms with Crippen molar-refractivity contribution in [1.29, 1.82) is 5.26 Å². The molecule has 11 heteroatoms. The van der Waals surface area contributed by atoms with E-state index in [1.165, 1.54) is 0 Å². The van der Waals surface area contributed by atoms with Crippen LogP contribution in [0.1, 0.15) is 62.8 Å². The van der Waals surface area contributed by atoms with E-state index in [-0.39, 0.29) is 68.6 Å². The van der Waals surface area contributed by atoms with Crippen LogP contribution in [0.4, 0.5) is 0 Å². The van der Waals surface area contributed by atoms with Gasteiger partial charge < -0.3 is 40.1 Å². The first-order valence-electron chi connectivity index (χ1n) is 7.98. The molecule has 0 aliphatic heterocycles.